The molecule has 2 atom stereocenters. The van der Waals surface area contributed by atoms with E-state index >= 15 is 0 Å². The van der Waals surface area contributed by atoms with E-state index in [0.29, 0.717) is 12.1 Å². The molecule has 1 aromatic heterocycles. The Labute approximate surface area is 143 Å². The molecule has 0 aromatic carbocycles. The summed E-state index contributed by atoms with van der Waals surface area (Å²) in [6.07, 6.45) is 6.70. The Morgan fingerprint density at radius 1 is 1.13 bits per heavy atom. The summed E-state index contributed by atoms with van der Waals surface area (Å²) in [5.74, 6) is 0.924. The van der Waals surface area contributed by atoms with Crippen molar-refractivity contribution >= 4 is 16.7 Å². The van der Waals surface area contributed by atoms with Gasteiger partial charge in [-0.1, -0.05) is 33.6 Å². The summed E-state index contributed by atoms with van der Waals surface area (Å²) in [4.78, 5) is 7.14. The zero-order valence-electron chi connectivity index (χ0n) is 14.6. The van der Waals surface area contributed by atoms with Crippen LogP contribution in [0.4, 0.5) is 5.13 Å². The van der Waals surface area contributed by atoms with Gasteiger partial charge in [-0.05, 0) is 25.7 Å². The van der Waals surface area contributed by atoms with Crippen molar-refractivity contribution in [2.75, 3.05) is 18.4 Å². The van der Waals surface area contributed by atoms with Crippen molar-refractivity contribution < 1.29 is 5.11 Å². The number of nitrogens with zero attached hydrogens (tertiary/aromatic N) is 3. The van der Waals surface area contributed by atoms with Crippen molar-refractivity contribution in [2.45, 2.75) is 82.9 Å². The van der Waals surface area contributed by atoms with Gasteiger partial charge in [0.2, 0.25) is 5.13 Å². The molecule has 2 fully saturated rings. The number of aliphatic hydroxyl groups is 1. The fourth-order valence-electron chi connectivity index (χ4n) is 3.65. The fourth-order valence-corrected chi connectivity index (χ4v) is 4.49. The Hall–Kier alpha value is -0.720. The van der Waals surface area contributed by atoms with E-state index in [1.807, 2.05) is 0 Å². The topological polar surface area (TPSA) is 61.3 Å². The van der Waals surface area contributed by atoms with Gasteiger partial charge in [-0.25, -0.2) is 4.98 Å². The van der Waals surface area contributed by atoms with Crippen LogP contribution in [-0.2, 0) is 5.41 Å². The Kier molecular flexibility index (Phi) is 5.23. The average molecular weight is 339 g/mol. The third kappa shape index (κ3) is 4.22. The summed E-state index contributed by atoms with van der Waals surface area (Å²) in [5, 5.41) is 14.7. The van der Waals surface area contributed by atoms with Crippen molar-refractivity contribution in [3.05, 3.63) is 5.82 Å². The SMILES string of the molecule is CC(C)(C)c1nsc(NC2CCN(C3CCCCC3O)CC2)n1. The largest absolute Gasteiger partial charge is 0.391 e. The highest BCUT2D eigenvalue weighted by Crippen LogP contribution is 2.28. The van der Waals surface area contributed by atoms with Crippen molar-refractivity contribution in [3.8, 4) is 0 Å². The molecule has 6 heteroatoms. The van der Waals surface area contributed by atoms with Crippen molar-refractivity contribution in [1.29, 1.82) is 0 Å². The van der Waals surface area contributed by atoms with Gasteiger partial charge in [0.1, 0.15) is 5.82 Å². The number of nitrogens with one attached hydrogen (secondary N) is 1. The number of aromatic nitrogens is 2. The van der Waals surface area contributed by atoms with E-state index in [-0.39, 0.29) is 11.5 Å². The van der Waals surface area contributed by atoms with Crippen molar-refractivity contribution in [1.82, 2.24) is 14.3 Å². The van der Waals surface area contributed by atoms with Crippen molar-refractivity contribution in [3.63, 3.8) is 0 Å². The van der Waals surface area contributed by atoms with E-state index in [4.69, 9.17) is 0 Å². The molecule has 2 heterocycles. The minimum atomic E-state index is -0.120. The number of hydrogen-bond acceptors (Lipinski definition) is 6. The summed E-state index contributed by atoms with van der Waals surface area (Å²) in [5.41, 5.74) is 0.0108. The third-order valence-corrected chi connectivity index (χ3v) is 5.76. The van der Waals surface area contributed by atoms with Crippen LogP contribution in [0.1, 0.15) is 65.1 Å². The molecule has 23 heavy (non-hydrogen) atoms. The minimum Gasteiger partial charge on any atom is -0.391 e. The highest BCUT2D eigenvalue weighted by atomic mass is 32.1. The Morgan fingerprint density at radius 2 is 1.83 bits per heavy atom. The van der Waals surface area contributed by atoms with Crippen LogP contribution in [0.25, 0.3) is 0 Å². The third-order valence-electron chi connectivity index (χ3n) is 5.12. The molecular formula is C17H30N4OS. The lowest BCUT2D eigenvalue weighted by Gasteiger charge is -2.41. The van der Waals surface area contributed by atoms with Gasteiger partial charge < -0.3 is 10.4 Å². The molecular weight excluding hydrogens is 308 g/mol. The molecule has 3 rings (SSSR count). The minimum absolute atomic E-state index is 0.0108. The van der Waals surface area contributed by atoms with Gasteiger partial charge in [0.05, 0.1) is 6.10 Å². The Bertz CT molecular complexity index is 505. The average Bonchev–Trinajstić information content (AvgIpc) is 2.97. The first kappa shape index (κ1) is 17.1. The van der Waals surface area contributed by atoms with Gasteiger partial charge in [0.25, 0.3) is 0 Å². The summed E-state index contributed by atoms with van der Waals surface area (Å²) >= 11 is 1.47. The van der Waals surface area contributed by atoms with E-state index in [1.165, 1.54) is 24.4 Å². The van der Waals surface area contributed by atoms with Crippen LogP contribution in [0, 0.1) is 0 Å². The molecule has 1 aromatic rings. The van der Waals surface area contributed by atoms with Gasteiger partial charge in [-0.3, -0.25) is 4.90 Å². The number of rotatable bonds is 3. The van der Waals surface area contributed by atoms with Gasteiger partial charge in [-0.2, -0.15) is 4.37 Å². The van der Waals surface area contributed by atoms with Crippen LogP contribution >= 0.6 is 11.5 Å². The molecule has 2 unspecified atom stereocenters. The van der Waals surface area contributed by atoms with Crippen LogP contribution in [0.3, 0.4) is 0 Å². The molecule has 1 saturated carbocycles. The standard InChI is InChI=1S/C17H30N4OS/c1-17(2,3)15-19-16(23-20-15)18-12-8-10-21(11-9-12)13-6-4-5-7-14(13)22/h12-14,22H,4-11H2,1-3H3,(H,18,19,20). The molecule has 1 aliphatic carbocycles. The maximum atomic E-state index is 10.2. The van der Waals surface area contributed by atoms with Gasteiger partial charge in [-0.15, -0.1) is 0 Å². The molecule has 0 amide bonds. The number of aliphatic hydroxyl groups excluding tert-OH is 1. The maximum Gasteiger partial charge on any atom is 0.202 e. The first-order valence-corrected chi connectivity index (χ1v) is 9.73. The molecule has 0 radical (unpaired) electrons. The zero-order valence-corrected chi connectivity index (χ0v) is 15.4. The number of hydrogen-bond donors (Lipinski definition) is 2. The van der Waals surface area contributed by atoms with E-state index in [9.17, 15) is 5.11 Å². The lowest BCUT2D eigenvalue weighted by molar-refractivity contribution is 0.00993. The lowest BCUT2D eigenvalue weighted by atomic mass is 9.89. The summed E-state index contributed by atoms with van der Waals surface area (Å²) in [7, 11) is 0. The smallest absolute Gasteiger partial charge is 0.202 e. The molecule has 130 valence electrons. The van der Waals surface area contributed by atoms with E-state index in [2.05, 4.69) is 40.3 Å². The predicted octanol–water partition coefficient (Wildman–Crippen LogP) is 3.02. The number of piperidine rings is 1. The summed E-state index contributed by atoms with van der Waals surface area (Å²) in [6, 6.07) is 0.867. The van der Waals surface area contributed by atoms with E-state index < -0.39 is 0 Å². The molecule has 0 bridgehead atoms. The Morgan fingerprint density at radius 3 is 2.43 bits per heavy atom. The van der Waals surface area contributed by atoms with Crippen LogP contribution in [-0.4, -0.2) is 50.6 Å². The summed E-state index contributed by atoms with van der Waals surface area (Å²) < 4.78 is 4.48. The van der Waals surface area contributed by atoms with Gasteiger partial charge in [0, 0.05) is 42.1 Å². The molecule has 2 aliphatic rings. The van der Waals surface area contributed by atoms with Gasteiger partial charge in [0.15, 0.2) is 0 Å². The van der Waals surface area contributed by atoms with Crippen LogP contribution in [0.2, 0.25) is 0 Å². The second-order valence-electron chi connectivity index (χ2n) is 8.05. The second-order valence-corrected chi connectivity index (χ2v) is 8.80. The van der Waals surface area contributed by atoms with E-state index in [0.717, 1.165) is 49.7 Å². The Balaban J connectivity index is 1.50. The first-order chi connectivity index (χ1) is 10.9. The molecule has 1 aliphatic heterocycles. The zero-order chi connectivity index (χ0) is 16.4. The monoisotopic (exact) mass is 338 g/mol. The molecule has 1 saturated heterocycles. The highest BCUT2D eigenvalue weighted by molar-refractivity contribution is 7.09. The molecule has 5 nitrogen and oxygen atoms in total. The second kappa shape index (κ2) is 7.03. The quantitative estimate of drug-likeness (QED) is 0.887. The number of likely N-dealkylation sites (tertiary alicyclic amines) is 1. The normalized spacial score (nSPS) is 28.0. The van der Waals surface area contributed by atoms with Crippen LogP contribution in [0.15, 0.2) is 0 Å². The van der Waals surface area contributed by atoms with Gasteiger partial charge >= 0.3 is 0 Å². The molecule has 0 spiro atoms. The number of anilines is 1. The van der Waals surface area contributed by atoms with Crippen LogP contribution < -0.4 is 5.32 Å². The fraction of sp³-hybridized carbons (Fsp3) is 0.882. The maximum absolute atomic E-state index is 10.2. The summed E-state index contributed by atoms with van der Waals surface area (Å²) in [6.45, 7) is 8.58. The van der Waals surface area contributed by atoms with E-state index in [1.54, 1.807) is 0 Å². The van der Waals surface area contributed by atoms with Crippen LogP contribution in [0.5, 0.6) is 0 Å². The molecule has 2 N–H and O–H groups in total. The van der Waals surface area contributed by atoms with Crippen molar-refractivity contribution in [2.24, 2.45) is 0 Å². The predicted molar refractivity (Wildman–Crippen MR) is 95.1 cm³/mol. The first-order valence-electron chi connectivity index (χ1n) is 8.96. The highest BCUT2D eigenvalue weighted by Gasteiger charge is 2.31. The lowest BCUT2D eigenvalue weighted by Crippen LogP contribution is -2.50.